The Kier molecular flexibility index (Phi) is 2.06. The lowest BCUT2D eigenvalue weighted by molar-refractivity contribution is 0.0587. The van der Waals surface area contributed by atoms with Crippen LogP contribution in [0.3, 0.4) is 0 Å². The lowest BCUT2D eigenvalue weighted by Crippen LogP contribution is -2.07. The van der Waals surface area contributed by atoms with Crippen molar-refractivity contribution < 1.29 is 9.53 Å². The van der Waals surface area contributed by atoms with Crippen LogP contribution in [-0.2, 0) is 4.74 Å². The summed E-state index contributed by atoms with van der Waals surface area (Å²) in [5.41, 5.74) is 0.489. The first-order valence-corrected chi connectivity index (χ1v) is 3.97. The number of hydrogen-bond acceptors (Lipinski definition) is 5. The molecular weight excluding hydrogens is 182 g/mol. The van der Waals surface area contributed by atoms with E-state index >= 15 is 0 Å². The molecule has 5 nitrogen and oxygen atoms in total. The molecule has 0 amide bonds. The van der Waals surface area contributed by atoms with Crippen molar-refractivity contribution in [1.29, 1.82) is 0 Å². The summed E-state index contributed by atoms with van der Waals surface area (Å²) in [6.07, 6.45) is 3.15. The number of aromatic nitrogens is 3. The number of rotatable bonds is 1. The van der Waals surface area contributed by atoms with Crippen molar-refractivity contribution >= 4 is 17.0 Å². The Morgan fingerprint density at radius 3 is 3.07 bits per heavy atom. The van der Waals surface area contributed by atoms with Crippen LogP contribution >= 0.6 is 0 Å². The van der Waals surface area contributed by atoms with Gasteiger partial charge < -0.3 is 4.74 Å². The van der Waals surface area contributed by atoms with Crippen LogP contribution in [0.25, 0.3) is 11.0 Å². The number of nitrogens with zero attached hydrogens (tertiary/aromatic N) is 3. The summed E-state index contributed by atoms with van der Waals surface area (Å²) in [6, 6.07) is 3.60. The Hall–Kier alpha value is -2.04. The molecule has 0 aliphatic carbocycles. The Morgan fingerprint density at radius 1 is 1.43 bits per heavy atom. The second-order valence-electron chi connectivity index (χ2n) is 2.60. The van der Waals surface area contributed by atoms with Crippen molar-refractivity contribution in [2.75, 3.05) is 7.11 Å². The first kappa shape index (κ1) is 8.55. The topological polar surface area (TPSA) is 65.0 Å². The molecule has 5 heteroatoms. The zero-order valence-corrected chi connectivity index (χ0v) is 7.47. The maximum absolute atomic E-state index is 11.1. The van der Waals surface area contributed by atoms with E-state index in [0.29, 0.717) is 5.65 Å². The van der Waals surface area contributed by atoms with E-state index in [4.69, 9.17) is 0 Å². The van der Waals surface area contributed by atoms with E-state index in [2.05, 4.69) is 19.7 Å². The Bertz CT molecular complexity index is 484. The molecule has 2 heterocycles. The molecule has 0 spiro atoms. The lowest BCUT2D eigenvalue weighted by Gasteiger charge is -1.98. The molecule has 2 rings (SSSR count). The minimum Gasteiger partial charge on any atom is -0.463 e. The highest BCUT2D eigenvalue weighted by Gasteiger charge is 2.09. The Balaban J connectivity index is 2.56. The number of hydrogen-bond donors (Lipinski definition) is 0. The van der Waals surface area contributed by atoms with E-state index < -0.39 is 5.97 Å². The molecule has 14 heavy (non-hydrogen) atoms. The maximum Gasteiger partial charge on any atom is 0.376 e. The van der Waals surface area contributed by atoms with Gasteiger partial charge in [0.15, 0.2) is 5.65 Å². The molecule has 0 aromatic carbocycles. The number of ether oxygens (including phenoxy) is 1. The fraction of sp³-hybridized carbons (Fsp3) is 0.111. The smallest absolute Gasteiger partial charge is 0.376 e. The molecule has 0 bridgehead atoms. The van der Waals surface area contributed by atoms with E-state index in [0.717, 1.165) is 5.39 Å². The van der Waals surface area contributed by atoms with Gasteiger partial charge in [0.2, 0.25) is 5.82 Å². The number of esters is 1. The van der Waals surface area contributed by atoms with E-state index in [1.807, 2.05) is 6.07 Å². The fourth-order valence-corrected chi connectivity index (χ4v) is 1.05. The van der Waals surface area contributed by atoms with Crippen molar-refractivity contribution in [3.05, 3.63) is 30.4 Å². The van der Waals surface area contributed by atoms with Crippen LogP contribution in [0.5, 0.6) is 0 Å². The van der Waals surface area contributed by atoms with Gasteiger partial charge in [-0.15, -0.1) is 0 Å². The van der Waals surface area contributed by atoms with Gasteiger partial charge in [0, 0.05) is 17.8 Å². The van der Waals surface area contributed by atoms with E-state index in [1.54, 1.807) is 18.5 Å². The molecule has 2 aromatic rings. The van der Waals surface area contributed by atoms with Crippen LogP contribution in [0.1, 0.15) is 10.6 Å². The highest BCUT2D eigenvalue weighted by Crippen LogP contribution is 2.06. The number of carbonyl (C=O) groups excluding carboxylic acids is 1. The van der Waals surface area contributed by atoms with Gasteiger partial charge in [0.1, 0.15) is 0 Å². The van der Waals surface area contributed by atoms with E-state index in [9.17, 15) is 4.79 Å². The summed E-state index contributed by atoms with van der Waals surface area (Å²) in [5, 5.41) is 0.792. The molecule has 0 aliphatic heterocycles. The average molecular weight is 189 g/mol. The number of carbonyl (C=O) groups is 1. The van der Waals surface area contributed by atoms with Gasteiger partial charge in [-0.3, -0.25) is 0 Å². The van der Waals surface area contributed by atoms with Crippen LogP contribution in [0.15, 0.2) is 24.5 Å². The normalized spacial score (nSPS) is 10.1. The monoisotopic (exact) mass is 189 g/mol. The second kappa shape index (κ2) is 3.37. The largest absolute Gasteiger partial charge is 0.463 e. The predicted octanol–water partition coefficient (Wildman–Crippen LogP) is 0.811. The first-order chi connectivity index (χ1) is 6.81. The van der Waals surface area contributed by atoms with Gasteiger partial charge in [-0.25, -0.2) is 19.7 Å². The van der Waals surface area contributed by atoms with Gasteiger partial charge in [-0.2, -0.15) is 0 Å². The minimum absolute atomic E-state index is 0.0266. The fourth-order valence-electron chi connectivity index (χ4n) is 1.05. The molecule has 0 aliphatic rings. The maximum atomic E-state index is 11.1. The number of fused-ring (bicyclic) bond motifs is 1. The molecule has 0 saturated heterocycles. The third-order valence-corrected chi connectivity index (χ3v) is 1.72. The Labute approximate surface area is 79.8 Å². The zero-order valence-electron chi connectivity index (χ0n) is 7.47. The molecule has 0 atom stereocenters. The molecule has 0 fully saturated rings. The van der Waals surface area contributed by atoms with Crippen molar-refractivity contribution in [3.63, 3.8) is 0 Å². The van der Waals surface area contributed by atoms with Crippen LogP contribution in [0.4, 0.5) is 0 Å². The minimum atomic E-state index is -0.558. The molecule has 70 valence electrons. The van der Waals surface area contributed by atoms with Crippen LogP contribution < -0.4 is 0 Å². The van der Waals surface area contributed by atoms with Crippen LogP contribution in [-0.4, -0.2) is 28.0 Å². The highest BCUT2D eigenvalue weighted by molar-refractivity contribution is 5.87. The first-order valence-electron chi connectivity index (χ1n) is 3.97. The van der Waals surface area contributed by atoms with Gasteiger partial charge in [0.25, 0.3) is 0 Å². The third kappa shape index (κ3) is 1.39. The van der Waals surface area contributed by atoms with Gasteiger partial charge in [-0.05, 0) is 12.1 Å². The molecular formula is C9H7N3O2. The Morgan fingerprint density at radius 2 is 2.29 bits per heavy atom. The molecule has 0 radical (unpaired) electrons. The van der Waals surface area contributed by atoms with Gasteiger partial charge in [0.05, 0.1) is 7.11 Å². The summed E-state index contributed by atoms with van der Waals surface area (Å²) < 4.78 is 4.49. The van der Waals surface area contributed by atoms with Gasteiger partial charge in [-0.1, -0.05) is 0 Å². The number of methoxy groups -OCH3 is 1. The third-order valence-electron chi connectivity index (χ3n) is 1.72. The lowest BCUT2D eigenvalue weighted by atomic mass is 10.3. The van der Waals surface area contributed by atoms with Crippen molar-refractivity contribution in [2.45, 2.75) is 0 Å². The average Bonchev–Trinajstić information content (AvgIpc) is 2.27. The van der Waals surface area contributed by atoms with Gasteiger partial charge >= 0.3 is 5.97 Å². The SMILES string of the molecule is COC(=O)c1ncc2cccnc2n1. The quantitative estimate of drug-likeness (QED) is 0.621. The van der Waals surface area contributed by atoms with Crippen molar-refractivity contribution in [3.8, 4) is 0 Å². The summed E-state index contributed by atoms with van der Waals surface area (Å²) >= 11 is 0. The molecule has 0 saturated carbocycles. The van der Waals surface area contributed by atoms with Crippen molar-refractivity contribution in [2.24, 2.45) is 0 Å². The van der Waals surface area contributed by atoms with E-state index in [-0.39, 0.29) is 5.82 Å². The second-order valence-corrected chi connectivity index (χ2v) is 2.60. The molecule has 0 unspecified atom stereocenters. The zero-order chi connectivity index (χ0) is 9.97. The highest BCUT2D eigenvalue weighted by atomic mass is 16.5. The molecule has 2 aromatic heterocycles. The summed E-state index contributed by atoms with van der Waals surface area (Å²) in [4.78, 5) is 22.9. The predicted molar refractivity (Wildman–Crippen MR) is 48.7 cm³/mol. The number of pyridine rings is 1. The summed E-state index contributed by atoms with van der Waals surface area (Å²) in [7, 11) is 1.29. The summed E-state index contributed by atoms with van der Waals surface area (Å²) in [5.74, 6) is -0.531. The van der Waals surface area contributed by atoms with E-state index in [1.165, 1.54) is 7.11 Å². The standard InChI is InChI=1S/C9H7N3O2/c1-14-9(13)8-11-5-6-3-2-4-10-7(6)12-8/h2-5H,1H3. The van der Waals surface area contributed by atoms with Crippen LogP contribution in [0.2, 0.25) is 0 Å². The van der Waals surface area contributed by atoms with Crippen LogP contribution in [0, 0.1) is 0 Å². The molecule has 0 N–H and O–H groups in total. The van der Waals surface area contributed by atoms with Crippen molar-refractivity contribution in [1.82, 2.24) is 15.0 Å². The summed E-state index contributed by atoms with van der Waals surface area (Å²) in [6.45, 7) is 0.